The molecule has 0 atom stereocenters. The third-order valence-electron chi connectivity index (χ3n) is 3.16. The molecule has 0 amide bonds. The number of nitrogens with zero attached hydrogens (tertiary/aromatic N) is 2. The second-order valence-corrected chi connectivity index (χ2v) is 4.70. The van der Waals surface area contributed by atoms with Gasteiger partial charge in [-0.15, -0.1) is 0 Å². The van der Waals surface area contributed by atoms with E-state index in [0.29, 0.717) is 0 Å². The normalized spacial score (nSPS) is 20.0. The van der Waals surface area contributed by atoms with Gasteiger partial charge in [-0.1, -0.05) is 29.9 Å². The van der Waals surface area contributed by atoms with E-state index in [-0.39, 0.29) is 0 Å². The summed E-state index contributed by atoms with van der Waals surface area (Å²) in [6.45, 7) is 7.57. The van der Waals surface area contributed by atoms with Gasteiger partial charge in [-0.2, -0.15) is 0 Å². The van der Waals surface area contributed by atoms with E-state index in [0.717, 1.165) is 45.4 Å². The van der Waals surface area contributed by atoms with Gasteiger partial charge in [0.05, 0.1) is 0 Å². The molecule has 0 aliphatic carbocycles. The molecule has 0 aromatic rings. The van der Waals surface area contributed by atoms with Gasteiger partial charge in [-0.3, -0.25) is 9.69 Å². The molecular formula is C15H24N2O. The predicted molar refractivity (Wildman–Crippen MR) is 76.7 cm³/mol. The van der Waals surface area contributed by atoms with Crippen molar-refractivity contribution in [3.8, 4) is 0 Å². The Morgan fingerprint density at radius 2 is 1.89 bits per heavy atom. The summed E-state index contributed by atoms with van der Waals surface area (Å²) in [5, 5.41) is 0. The van der Waals surface area contributed by atoms with Crippen molar-refractivity contribution >= 4 is 6.29 Å². The molecule has 1 heterocycles. The van der Waals surface area contributed by atoms with E-state index in [9.17, 15) is 4.79 Å². The Bertz CT molecular complexity index is 323. The van der Waals surface area contributed by atoms with Crippen molar-refractivity contribution in [1.29, 1.82) is 0 Å². The maximum absolute atomic E-state index is 10.3. The van der Waals surface area contributed by atoms with E-state index in [4.69, 9.17) is 0 Å². The van der Waals surface area contributed by atoms with Crippen LogP contribution in [0.5, 0.6) is 0 Å². The molecule has 0 bridgehead atoms. The maximum Gasteiger partial charge on any atom is 0.142 e. The highest BCUT2D eigenvalue weighted by Crippen LogP contribution is 2.09. The second kappa shape index (κ2) is 8.84. The van der Waals surface area contributed by atoms with Crippen LogP contribution < -0.4 is 0 Å². The Morgan fingerprint density at radius 3 is 2.50 bits per heavy atom. The molecule has 0 aromatic heterocycles. The van der Waals surface area contributed by atoms with Gasteiger partial charge in [0.2, 0.25) is 0 Å². The molecule has 1 aliphatic rings. The van der Waals surface area contributed by atoms with Gasteiger partial charge in [-0.25, -0.2) is 0 Å². The highest BCUT2D eigenvalue weighted by atomic mass is 16.1. The van der Waals surface area contributed by atoms with Gasteiger partial charge in [0.25, 0.3) is 0 Å². The van der Waals surface area contributed by atoms with E-state index < -0.39 is 0 Å². The molecule has 100 valence electrons. The van der Waals surface area contributed by atoms with Crippen molar-refractivity contribution < 1.29 is 4.79 Å². The Balaban J connectivity index is 2.51. The molecule has 0 aromatic carbocycles. The quantitative estimate of drug-likeness (QED) is 0.310. The van der Waals surface area contributed by atoms with Crippen LogP contribution in [0.3, 0.4) is 0 Å². The van der Waals surface area contributed by atoms with Crippen molar-refractivity contribution in [2.24, 2.45) is 0 Å². The van der Waals surface area contributed by atoms with E-state index in [1.807, 2.05) is 13.0 Å². The number of carbonyl (C=O) groups is 1. The minimum atomic E-state index is 0.819. The molecular weight excluding hydrogens is 224 g/mol. The van der Waals surface area contributed by atoms with Crippen LogP contribution in [0.15, 0.2) is 36.0 Å². The lowest BCUT2D eigenvalue weighted by molar-refractivity contribution is -0.104. The first-order valence-electron chi connectivity index (χ1n) is 6.58. The fourth-order valence-electron chi connectivity index (χ4n) is 1.98. The molecule has 0 unspecified atom stereocenters. The summed E-state index contributed by atoms with van der Waals surface area (Å²) in [5.74, 6) is 0. The first-order chi connectivity index (χ1) is 8.76. The first kappa shape index (κ1) is 14.9. The zero-order valence-electron chi connectivity index (χ0n) is 11.5. The van der Waals surface area contributed by atoms with Crippen LogP contribution in [0, 0.1) is 0 Å². The standard InChI is InChI=1S/C15H24N2O/c1-3-4-7-15(8-5-6-13-18)14-17-11-9-16(2)10-12-17/h3-6,8,13H,7,9-12,14H2,1-2H3/b4-3?,6-5+,15-8+. The number of allylic oxidation sites excluding steroid dienone is 5. The smallest absolute Gasteiger partial charge is 0.142 e. The lowest BCUT2D eigenvalue weighted by Crippen LogP contribution is -2.45. The number of likely N-dealkylation sites (N-methyl/N-ethyl adjacent to an activating group) is 1. The summed E-state index contributed by atoms with van der Waals surface area (Å²) in [6.07, 6.45) is 11.5. The predicted octanol–water partition coefficient (Wildman–Crippen LogP) is 1.88. The molecule has 0 radical (unpaired) electrons. The molecule has 0 spiro atoms. The fourth-order valence-corrected chi connectivity index (χ4v) is 1.98. The lowest BCUT2D eigenvalue weighted by Gasteiger charge is -2.32. The van der Waals surface area contributed by atoms with Crippen LogP contribution in [0.1, 0.15) is 13.3 Å². The number of carbonyl (C=O) groups excluding carboxylic acids is 1. The molecule has 0 N–H and O–H groups in total. The number of aldehydes is 1. The summed E-state index contributed by atoms with van der Waals surface area (Å²) in [4.78, 5) is 15.1. The van der Waals surface area contributed by atoms with Crippen molar-refractivity contribution in [2.45, 2.75) is 13.3 Å². The van der Waals surface area contributed by atoms with E-state index in [1.165, 1.54) is 5.57 Å². The van der Waals surface area contributed by atoms with Crippen molar-refractivity contribution in [3.63, 3.8) is 0 Å². The number of rotatable bonds is 6. The van der Waals surface area contributed by atoms with Crippen molar-refractivity contribution in [3.05, 3.63) is 36.0 Å². The van der Waals surface area contributed by atoms with Crippen LogP contribution >= 0.6 is 0 Å². The highest BCUT2D eigenvalue weighted by Gasteiger charge is 2.13. The molecule has 1 saturated heterocycles. The van der Waals surface area contributed by atoms with Gasteiger partial charge >= 0.3 is 0 Å². The molecule has 3 nitrogen and oxygen atoms in total. The highest BCUT2D eigenvalue weighted by molar-refractivity contribution is 5.65. The van der Waals surface area contributed by atoms with Crippen molar-refractivity contribution in [1.82, 2.24) is 9.80 Å². The van der Waals surface area contributed by atoms with Crippen LogP contribution in [-0.2, 0) is 4.79 Å². The van der Waals surface area contributed by atoms with E-state index >= 15 is 0 Å². The molecule has 18 heavy (non-hydrogen) atoms. The van der Waals surface area contributed by atoms with Crippen LogP contribution in [0.2, 0.25) is 0 Å². The Kier molecular flexibility index (Phi) is 7.30. The molecule has 3 heteroatoms. The Morgan fingerprint density at radius 1 is 1.17 bits per heavy atom. The van der Waals surface area contributed by atoms with Gasteiger partial charge in [0.15, 0.2) is 0 Å². The minimum absolute atomic E-state index is 0.819. The summed E-state index contributed by atoms with van der Waals surface area (Å²) in [5.41, 5.74) is 1.36. The largest absolute Gasteiger partial charge is 0.304 e. The van der Waals surface area contributed by atoms with Crippen LogP contribution in [0.25, 0.3) is 0 Å². The van der Waals surface area contributed by atoms with E-state index in [1.54, 1.807) is 6.08 Å². The van der Waals surface area contributed by atoms with Gasteiger partial charge in [-0.05, 0) is 26.5 Å². The minimum Gasteiger partial charge on any atom is -0.304 e. The zero-order valence-corrected chi connectivity index (χ0v) is 11.5. The topological polar surface area (TPSA) is 23.6 Å². The van der Waals surface area contributed by atoms with Crippen LogP contribution in [-0.4, -0.2) is 55.9 Å². The molecule has 1 fully saturated rings. The number of hydrogen-bond acceptors (Lipinski definition) is 3. The second-order valence-electron chi connectivity index (χ2n) is 4.70. The molecule has 1 aliphatic heterocycles. The lowest BCUT2D eigenvalue weighted by atomic mass is 10.1. The number of piperazine rings is 1. The van der Waals surface area contributed by atoms with Gasteiger partial charge < -0.3 is 4.90 Å². The summed E-state index contributed by atoms with van der Waals surface area (Å²) in [7, 11) is 2.17. The Labute approximate surface area is 110 Å². The van der Waals surface area contributed by atoms with Gasteiger partial charge in [0.1, 0.15) is 6.29 Å². The number of hydrogen-bond donors (Lipinski definition) is 0. The maximum atomic E-state index is 10.3. The summed E-state index contributed by atoms with van der Waals surface area (Å²) >= 11 is 0. The van der Waals surface area contributed by atoms with Crippen LogP contribution in [0.4, 0.5) is 0 Å². The summed E-state index contributed by atoms with van der Waals surface area (Å²) < 4.78 is 0. The molecule has 0 saturated carbocycles. The van der Waals surface area contributed by atoms with E-state index in [2.05, 4.69) is 35.1 Å². The first-order valence-corrected chi connectivity index (χ1v) is 6.58. The average molecular weight is 248 g/mol. The average Bonchev–Trinajstić information content (AvgIpc) is 2.38. The van der Waals surface area contributed by atoms with Gasteiger partial charge in [0, 0.05) is 32.7 Å². The third kappa shape index (κ3) is 5.94. The fraction of sp³-hybridized carbons (Fsp3) is 0.533. The monoisotopic (exact) mass is 248 g/mol. The SMILES string of the molecule is CC=CC/C(=C\C=C\C=O)CN1CCN(C)CC1. The Hall–Kier alpha value is -1.19. The summed E-state index contributed by atoms with van der Waals surface area (Å²) in [6, 6.07) is 0. The molecule has 1 rings (SSSR count). The zero-order chi connectivity index (χ0) is 13.2. The third-order valence-corrected chi connectivity index (χ3v) is 3.16. The van der Waals surface area contributed by atoms with Crippen molar-refractivity contribution in [2.75, 3.05) is 39.8 Å².